The van der Waals surface area contributed by atoms with Crippen LogP contribution in [0.4, 0.5) is 5.69 Å². The minimum atomic E-state index is 0.289. The Morgan fingerprint density at radius 2 is 2.17 bits per heavy atom. The first kappa shape index (κ1) is 16.2. The van der Waals surface area contributed by atoms with Crippen molar-refractivity contribution in [3.8, 4) is 0 Å². The molecule has 0 spiro atoms. The molecule has 2 aromatic rings. The fraction of sp³-hybridized carbons (Fsp3) is 0.333. The van der Waals surface area contributed by atoms with Crippen LogP contribution < -0.4 is 5.32 Å². The zero-order valence-electron chi connectivity index (χ0n) is 13.1. The Labute approximate surface area is 147 Å². The van der Waals surface area contributed by atoms with Crippen LogP contribution in [0.3, 0.4) is 0 Å². The molecule has 1 aliphatic rings. The second-order valence-corrected chi connectivity index (χ2v) is 6.63. The summed E-state index contributed by atoms with van der Waals surface area (Å²) in [6, 6.07) is 10.2. The lowest BCUT2D eigenvalue weighted by Crippen LogP contribution is -2.41. The quantitative estimate of drug-likeness (QED) is 0.778. The monoisotopic (exact) mass is 345 g/mol. The SMILES string of the molecule is Cc1c(Cl)cccc1NC(=S)N1CCCCC1c1cccnc1. The summed E-state index contributed by atoms with van der Waals surface area (Å²) in [6.45, 7) is 2.97. The van der Waals surface area contributed by atoms with E-state index in [1.807, 2.05) is 43.6 Å². The van der Waals surface area contributed by atoms with Crippen molar-refractivity contribution < 1.29 is 0 Å². The molecule has 23 heavy (non-hydrogen) atoms. The summed E-state index contributed by atoms with van der Waals surface area (Å²) < 4.78 is 0. The lowest BCUT2D eigenvalue weighted by molar-refractivity contribution is 0.248. The van der Waals surface area contributed by atoms with Gasteiger partial charge in [-0.05, 0) is 67.7 Å². The number of nitrogens with one attached hydrogen (secondary N) is 1. The molecular formula is C18H20ClN3S. The zero-order chi connectivity index (χ0) is 16.2. The van der Waals surface area contributed by atoms with Gasteiger partial charge in [0.25, 0.3) is 0 Å². The standard InChI is InChI=1S/C18H20ClN3S/c1-13-15(19)7-4-8-16(13)21-18(23)22-11-3-2-9-17(22)14-6-5-10-20-12-14/h4-8,10,12,17H,2-3,9,11H2,1H3,(H,21,23). The number of nitrogens with zero attached hydrogens (tertiary/aromatic N) is 2. The molecule has 3 rings (SSSR count). The number of anilines is 1. The molecule has 1 atom stereocenters. The number of pyridine rings is 1. The van der Waals surface area contributed by atoms with Crippen LogP contribution in [0, 0.1) is 6.92 Å². The van der Waals surface area contributed by atoms with E-state index in [0.717, 1.165) is 40.8 Å². The number of halogens is 1. The molecule has 1 unspecified atom stereocenters. The molecule has 0 radical (unpaired) electrons. The molecule has 120 valence electrons. The predicted octanol–water partition coefficient (Wildman–Crippen LogP) is 4.97. The van der Waals surface area contributed by atoms with Crippen molar-refractivity contribution in [3.63, 3.8) is 0 Å². The molecule has 1 aromatic carbocycles. The van der Waals surface area contributed by atoms with Gasteiger partial charge in [0.1, 0.15) is 0 Å². The highest BCUT2D eigenvalue weighted by Gasteiger charge is 2.26. The van der Waals surface area contributed by atoms with Gasteiger partial charge in [0.05, 0.1) is 6.04 Å². The molecule has 1 aromatic heterocycles. The highest BCUT2D eigenvalue weighted by Crippen LogP contribution is 2.31. The van der Waals surface area contributed by atoms with Gasteiger partial charge in [0.2, 0.25) is 0 Å². The Balaban J connectivity index is 1.80. The highest BCUT2D eigenvalue weighted by molar-refractivity contribution is 7.80. The van der Waals surface area contributed by atoms with Gasteiger partial charge in [-0.1, -0.05) is 23.7 Å². The van der Waals surface area contributed by atoms with Gasteiger partial charge in [0.15, 0.2) is 5.11 Å². The minimum absolute atomic E-state index is 0.289. The number of aromatic nitrogens is 1. The second kappa shape index (κ2) is 7.28. The summed E-state index contributed by atoms with van der Waals surface area (Å²) in [6.07, 6.45) is 7.23. The number of benzene rings is 1. The number of hydrogen-bond acceptors (Lipinski definition) is 2. The maximum absolute atomic E-state index is 6.20. The zero-order valence-corrected chi connectivity index (χ0v) is 14.7. The Hall–Kier alpha value is -1.65. The predicted molar refractivity (Wildman–Crippen MR) is 99.9 cm³/mol. The van der Waals surface area contributed by atoms with Crippen molar-refractivity contribution in [1.82, 2.24) is 9.88 Å². The molecular weight excluding hydrogens is 326 g/mol. The van der Waals surface area contributed by atoms with Crippen molar-refractivity contribution in [2.45, 2.75) is 32.2 Å². The van der Waals surface area contributed by atoms with E-state index in [2.05, 4.69) is 21.3 Å². The van der Waals surface area contributed by atoms with Gasteiger partial charge < -0.3 is 10.2 Å². The van der Waals surface area contributed by atoms with Crippen LogP contribution in [0.5, 0.6) is 0 Å². The fourth-order valence-corrected chi connectivity index (χ4v) is 3.53. The van der Waals surface area contributed by atoms with Crippen LogP contribution in [0.1, 0.15) is 36.4 Å². The van der Waals surface area contributed by atoms with E-state index < -0.39 is 0 Å². The average molecular weight is 346 g/mol. The third kappa shape index (κ3) is 3.65. The van der Waals surface area contributed by atoms with E-state index in [-0.39, 0.29) is 6.04 Å². The number of thiocarbonyl (C=S) groups is 1. The lowest BCUT2D eigenvalue weighted by atomic mass is 9.97. The Kier molecular flexibility index (Phi) is 5.13. The summed E-state index contributed by atoms with van der Waals surface area (Å²) in [4.78, 5) is 6.53. The van der Waals surface area contributed by atoms with Crippen molar-refractivity contribution in [1.29, 1.82) is 0 Å². The molecule has 5 heteroatoms. The average Bonchev–Trinajstić information content (AvgIpc) is 2.60. The van der Waals surface area contributed by atoms with Crippen molar-refractivity contribution in [3.05, 3.63) is 58.9 Å². The molecule has 1 fully saturated rings. The number of piperidine rings is 1. The first-order chi connectivity index (χ1) is 11.2. The second-order valence-electron chi connectivity index (χ2n) is 5.83. The molecule has 1 N–H and O–H groups in total. The lowest BCUT2D eigenvalue weighted by Gasteiger charge is -2.38. The smallest absolute Gasteiger partial charge is 0.173 e. The molecule has 1 aliphatic heterocycles. The van der Waals surface area contributed by atoms with Crippen LogP contribution in [0.2, 0.25) is 5.02 Å². The molecule has 0 bridgehead atoms. The van der Waals surface area contributed by atoms with E-state index in [1.54, 1.807) is 0 Å². The fourth-order valence-electron chi connectivity index (χ4n) is 3.02. The Morgan fingerprint density at radius 3 is 2.96 bits per heavy atom. The first-order valence-corrected chi connectivity index (χ1v) is 8.68. The van der Waals surface area contributed by atoms with Gasteiger partial charge in [-0.2, -0.15) is 0 Å². The molecule has 0 aliphatic carbocycles. The van der Waals surface area contributed by atoms with E-state index in [9.17, 15) is 0 Å². The number of likely N-dealkylation sites (tertiary alicyclic amines) is 1. The Morgan fingerprint density at radius 1 is 1.30 bits per heavy atom. The molecule has 0 amide bonds. The van der Waals surface area contributed by atoms with Gasteiger partial charge in [-0.15, -0.1) is 0 Å². The number of rotatable bonds is 2. The third-order valence-electron chi connectivity index (χ3n) is 4.34. The van der Waals surface area contributed by atoms with Gasteiger partial charge in [0, 0.05) is 29.6 Å². The Bertz CT molecular complexity index is 690. The van der Waals surface area contributed by atoms with Gasteiger partial charge >= 0.3 is 0 Å². The van der Waals surface area contributed by atoms with E-state index in [4.69, 9.17) is 23.8 Å². The summed E-state index contributed by atoms with van der Waals surface area (Å²) in [5.74, 6) is 0. The molecule has 3 nitrogen and oxygen atoms in total. The van der Waals surface area contributed by atoms with Gasteiger partial charge in [-0.3, -0.25) is 4.98 Å². The van der Waals surface area contributed by atoms with Crippen LogP contribution in [-0.4, -0.2) is 21.5 Å². The van der Waals surface area contributed by atoms with Crippen molar-refractivity contribution in [2.24, 2.45) is 0 Å². The van der Waals surface area contributed by atoms with Crippen LogP contribution >= 0.6 is 23.8 Å². The summed E-state index contributed by atoms with van der Waals surface area (Å²) in [5.41, 5.74) is 3.21. The largest absolute Gasteiger partial charge is 0.342 e. The summed E-state index contributed by atoms with van der Waals surface area (Å²) >= 11 is 11.9. The minimum Gasteiger partial charge on any atom is -0.342 e. The first-order valence-electron chi connectivity index (χ1n) is 7.89. The highest BCUT2D eigenvalue weighted by atomic mass is 35.5. The van der Waals surface area contributed by atoms with Crippen LogP contribution in [0.15, 0.2) is 42.7 Å². The molecule has 0 saturated carbocycles. The topological polar surface area (TPSA) is 28.2 Å². The third-order valence-corrected chi connectivity index (χ3v) is 5.09. The van der Waals surface area contributed by atoms with E-state index in [0.29, 0.717) is 0 Å². The summed E-state index contributed by atoms with van der Waals surface area (Å²) in [5, 5.41) is 4.88. The summed E-state index contributed by atoms with van der Waals surface area (Å²) in [7, 11) is 0. The maximum atomic E-state index is 6.20. The normalized spacial score (nSPS) is 17.8. The maximum Gasteiger partial charge on any atom is 0.173 e. The van der Waals surface area contributed by atoms with Crippen molar-refractivity contribution >= 4 is 34.6 Å². The van der Waals surface area contributed by atoms with Crippen LogP contribution in [0.25, 0.3) is 0 Å². The van der Waals surface area contributed by atoms with E-state index >= 15 is 0 Å². The molecule has 2 heterocycles. The van der Waals surface area contributed by atoms with Crippen LogP contribution in [-0.2, 0) is 0 Å². The number of hydrogen-bond donors (Lipinski definition) is 1. The molecule has 1 saturated heterocycles. The van der Waals surface area contributed by atoms with Crippen molar-refractivity contribution in [2.75, 3.05) is 11.9 Å². The van der Waals surface area contributed by atoms with E-state index in [1.165, 1.54) is 12.0 Å². The van der Waals surface area contributed by atoms with Gasteiger partial charge in [-0.25, -0.2) is 0 Å².